The molecule has 1 N–H and O–H groups in total. The number of halogens is 2. The van der Waals surface area contributed by atoms with Gasteiger partial charge in [-0.25, -0.2) is 8.42 Å². The first-order valence-electron chi connectivity index (χ1n) is 11.7. The van der Waals surface area contributed by atoms with Crippen LogP contribution in [0, 0.1) is 6.92 Å². The molecule has 0 fully saturated rings. The van der Waals surface area contributed by atoms with Gasteiger partial charge in [0.2, 0.25) is 11.8 Å². The van der Waals surface area contributed by atoms with E-state index in [2.05, 4.69) is 5.32 Å². The lowest BCUT2D eigenvalue weighted by atomic mass is 10.1. The number of nitrogens with zero attached hydrogens (tertiary/aromatic N) is 2. The van der Waals surface area contributed by atoms with Gasteiger partial charge in [-0.15, -0.1) is 0 Å². The molecule has 0 spiro atoms. The van der Waals surface area contributed by atoms with Gasteiger partial charge in [0.1, 0.15) is 12.6 Å². The molecule has 37 heavy (non-hydrogen) atoms. The zero-order chi connectivity index (χ0) is 27.2. The summed E-state index contributed by atoms with van der Waals surface area (Å²) in [5.74, 6) is -0.906. The lowest BCUT2D eigenvalue weighted by Gasteiger charge is -2.32. The number of rotatable bonds is 10. The molecule has 3 rings (SSSR count). The Labute approximate surface area is 228 Å². The van der Waals surface area contributed by atoms with Gasteiger partial charge < -0.3 is 10.2 Å². The quantitative estimate of drug-likeness (QED) is 0.375. The van der Waals surface area contributed by atoms with E-state index in [9.17, 15) is 18.0 Å². The molecule has 0 unspecified atom stereocenters. The van der Waals surface area contributed by atoms with Gasteiger partial charge in [-0.2, -0.15) is 0 Å². The van der Waals surface area contributed by atoms with Crippen molar-refractivity contribution in [3.05, 3.63) is 94.0 Å². The number of hydrogen-bond donors (Lipinski definition) is 1. The maximum Gasteiger partial charge on any atom is 0.264 e. The third-order valence-electron chi connectivity index (χ3n) is 5.74. The Kier molecular flexibility index (Phi) is 9.59. The Morgan fingerprint density at radius 3 is 2.30 bits per heavy atom. The van der Waals surface area contributed by atoms with Crippen LogP contribution in [0.25, 0.3) is 0 Å². The summed E-state index contributed by atoms with van der Waals surface area (Å²) >= 11 is 12.4. The molecule has 3 aromatic carbocycles. The van der Waals surface area contributed by atoms with Crippen molar-refractivity contribution in [2.24, 2.45) is 0 Å². The molecule has 0 aliphatic rings. The van der Waals surface area contributed by atoms with Gasteiger partial charge in [0.25, 0.3) is 10.0 Å². The smallest absolute Gasteiger partial charge is 0.264 e. The summed E-state index contributed by atoms with van der Waals surface area (Å²) < 4.78 is 28.4. The van der Waals surface area contributed by atoms with Crippen molar-refractivity contribution >= 4 is 50.7 Å². The van der Waals surface area contributed by atoms with Crippen molar-refractivity contribution in [3.63, 3.8) is 0 Å². The Hall–Kier alpha value is -3.07. The molecule has 0 saturated heterocycles. The Morgan fingerprint density at radius 1 is 0.973 bits per heavy atom. The highest BCUT2D eigenvalue weighted by Gasteiger charge is 2.33. The molecule has 0 radical (unpaired) electrons. The van der Waals surface area contributed by atoms with E-state index in [1.165, 1.54) is 35.2 Å². The number of nitrogens with one attached hydrogen (secondary N) is 1. The summed E-state index contributed by atoms with van der Waals surface area (Å²) in [6.07, 6.45) is 0. The van der Waals surface area contributed by atoms with Crippen LogP contribution >= 0.6 is 23.2 Å². The number of sulfonamides is 1. The van der Waals surface area contributed by atoms with Gasteiger partial charge in [0.15, 0.2) is 0 Å². The molecule has 10 heteroatoms. The van der Waals surface area contributed by atoms with Crippen LogP contribution in [0.2, 0.25) is 10.0 Å². The highest BCUT2D eigenvalue weighted by Crippen LogP contribution is 2.33. The Balaban J connectivity index is 2.05. The molecule has 0 aliphatic carbocycles. The highest BCUT2D eigenvalue weighted by atomic mass is 35.5. The van der Waals surface area contributed by atoms with Gasteiger partial charge in [0.05, 0.1) is 15.6 Å². The minimum atomic E-state index is -4.20. The van der Waals surface area contributed by atoms with Crippen LogP contribution in [-0.4, -0.2) is 44.3 Å². The van der Waals surface area contributed by atoms with Crippen LogP contribution in [0.5, 0.6) is 0 Å². The molecule has 0 aromatic heterocycles. The number of carbonyl (C=O) groups is 2. The SMILES string of the molecule is CCNC(=O)[C@H](C)N(Cc1cccc(C)c1)C(=O)CN(c1ccc(Cl)cc1Cl)S(=O)(=O)c1ccccc1. The van der Waals surface area contributed by atoms with E-state index < -0.39 is 28.5 Å². The first-order chi connectivity index (χ1) is 17.5. The summed E-state index contributed by atoms with van der Waals surface area (Å²) in [6.45, 7) is 5.27. The third-order valence-corrected chi connectivity index (χ3v) is 8.05. The van der Waals surface area contributed by atoms with Crippen molar-refractivity contribution < 1.29 is 18.0 Å². The summed E-state index contributed by atoms with van der Waals surface area (Å²) in [7, 11) is -4.20. The van der Waals surface area contributed by atoms with E-state index in [0.717, 1.165) is 15.4 Å². The van der Waals surface area contributed by atoms with Gasteiger partial charge in [0, 0.05) is 18.1 Å². The fourth-order valence-corrected chi connectivity index (χ4v) is 5.84. The Morgan fingerprint density at radius 2 is 1.68 bits per heavy atom. The van der Waals surface area contributed by atoms with Gasteiger partial charge in [-0.05, 0) is 56.7 Å². The molecule has 0 bridgehead atoms. The first-order valence-corrected chi connectivity index (χ1v) is 13.9. The maximum atomic E-state index is 13.8. The van der Waals surface area contributed by atoms with E-state index in [0.29, 0.717) is 11.6 Å². The minimum absolute atomic E-state index is 0.00387. The summed E-state index contributed by atoms with van der Waals surface area (Å²) in [5, 5.41) is 3.13. The molecular weight excluding hydrogens is 533 g/mol. The monoisotopic (exact) mass is 561 g/mol. The number of benzene rings is 3. The number of aryl methyl sites for hydroxylation is 1. The van der Waals surface area contributed by atoms with Crippen LogP contribution in [0.15, 0.2) is 77.7 Å². The minimum Gasteiger partial charge on any atom is -0.355 e. The van der Waals surface area contributed by atoms with Gasteiger partial charge in [-0.1, -0.05) is 71.2 Å². The van der Waals surface area contributed by atoms with Crippen LogP contribution in [0.1, 0.15) is 25.0 Å². The predicted molar refractivity (Wildman–Crippen MR) is 147 cm³/mol. The first kappa shape index (κ1) is 28.5. The van der Waals surface area contributed by atoms with E-state index in [1.54, 1.807) is 32.0 Å². The van der Waals surface area contributed by atoms with Crippen molar-refractivity contribution in [2.75, 3.05) is 17.4 Å². The molecule has 0 heterocycles. The lowest BCUT2D eigenvalue weighted by molar-refractivity contribution is -0.139. The summed E-state index contributed by atoms with van der Waals surface area (Å²) in [5.41, 5.74) is 1.91. The molecule has 2 amide bonds. The van der Waals surface area contributed by atoms with Crippen LogP contribution in [0.4, 0.5) is 5.69 Å². The molecule has 1 atom stereocenters. The number of hydrogen-bond acceptors (Lipinski definition) is 4. The van der Waals surface area contributed by atoms with Crippen molar-refractivity contribution in [1.29, 1.82) is 0 Å². The standard InChI is InChI=1S/C27H29Cl2N3O4S/c1-4-30-27(34)20(3)31(17-21-10-8-9-19(2)15-21)26(33)18-32(25-14-13-22(28)16-24(25)29)37(35,36)23-11-6-5-7-12-23/h5-16,20H,4,17-18H2,1-3H3,(H,30,34)/t20-/m0/s1. The highest BCUT2D eigenvalue weighted by molar-refractivity contribution is 7.92. The fourth-order valence-electron chi connectivity index (χ4n) is 3.83. The number of carbonyl (C=O) groups excluding carboxylic acids is 2. The third kappa shape index (κ3) is 7.03. The van der Waals surface area contributed by atoms with Crippen LogP contribution in [0.3, 0.4) is 0 Å². The zero-order valence-corrected chi connectivity index (χ0v) is 23.1. The summed E-state index contributed by atoms with van der Waals surface area (Å²) in [4.78, 5) is 27.9. The van der Waals surface area contributed by atoms with E-state index >= 15 is 0 Å². The van der Waals surface area contributed by atoms with Crippen molar-refractivity contribution in [2.45, 2.75) is 38.3 Å². The van der Waals surface area contributed by atoms with E-state index in [1.807, 2.05) is 31.2 Å². The number of anilines is 1. The zero-order valence-electron chi connectivity index (χ0n) is 20.8. The molecular formula is C27H29Cl2N3O4S. The van der Waals surface area contributed by atoms with Crippen molar-refractivity contribution in [1.82, 2.24) is 10.2 Å². The van der Waals surface area contributed by atoms with Crippen LogP contribution < -0.4 is 9.62 Å². The Bertz CT molecular complexity index is 1370. The average molecular weight is 563 g/mol. The normalized spacial score (nSPS) is 12.0. The molecule has 0 saturated carbocycles. The fraction of sp³-hybridized carbons (Fsp3) is 0.259. The van der Waals surface area contributed by atoms with Crippen LogP contribution in [-0.2, 0) is 26.2 Å². The number of likely N-dealkylation sites (N-methyl/N-ethyl adjacent to an activating group) is 1. The average Bonchev–Trinajstić information content (AvgIpc) is 2.86. The second-order valence-corrected chi connectivity index (χ2v) is 11.2. The van der Waals surface area contributed by atoms with Gasteiger partial charge in [-0.3, -0.25) is 13.9 Å². The second kappa shape index (κ2) is 12.4. The molecule has 3 aromatic rings. The summed E-state index contributed by atoms with van der Waals surface area (Å²) in [6, 6.07) is 18.9. The van der Waals surface area contributed by atoms with Gasteiger partial charge >= 0.3 is 0 Å². The molecule has 196 valence electrons. The van der Waals surface area contributed by atoms with Crippen molar-refractivity contribution in [3.8, 4) is 0 Å². The molecule has 0 aliphatic heterocycles. The topological polar surface area (TPSA) is 86.8 Å². The second-order valence-electron chi connectivity index (χ2n) is 8.50. The largest absolute Gasteiger partial charge is 0.355 e. The van der Waals surface area contributed by atoms with E-state index in [-0.39, 0.29) is 28.1 Å². The van der Waals surface area contributed by atoms with E-state index in [4.69, 9.17) is 23.2 Å². The lowest BCUT2D eigenvalue weighted by Crippen LogP contribution is -2.51. The maximum absolute atomic E-state index is 13.8. The molecule has 7 nitrogen and oxygen atoms in total. The predicted octanol–water partition coefficient (Wildman–Crippen LogP) is 5.05. The number of amides is 2.